The molecular formula is C62H75ClFN11O9. The Kier molecular flexibility index (Phi) is 20.8. The van der Waals surface area contributed by atoms with Crippen LogP contribution in [0.25, 0.3) is 32.9 Å². The molecule has 2 aromatic heterocycles. The zero-order valence-corrected chi connectivity index (χ0v) is 49.4. The van der Waals surface area contributed by atoms with Crippen LogP contribution in [0.1, 0.15) is 94.9 Å². The number of methoxy groups -OCH3 is 2. The van der Waals surface area contributed by atoms with Gasteiger partial charge in [-0.05, 0) is 117 Å². The summed E-state index contributed by atoms with van der Waals surface area (Å²) in [5.74, 6) is -1.36. The average molecular weight is 1170 g/mol. The van der Waals surface area contributed by atoms with Crippen LogP contribution in [0.4, 0.5) is 21.8 Å². The molecule has 5 N–H and O–H groups in total. The summed E-state index contributed by atoms with van der Waals surface area (Å²) < 4.78 is 34.3. The maximum absolute atomic E-state index is 17.0. The van der Waals surface area contributed by atoms with E-state index < -0.39 is 41.0 Å². The number of hydrogen-bond donors (Lipinski definition) is 5. The molecule has 2 aliphatic rings. The lowest BCUT2D eigenvalue weighted by atomic mass is 9.84. The lowest BCUT2D eigenvalue weighted by molar-refractivity contribution is -0.164. The number of amides is 4. The van der Waals surface area contributed by atoms with E-state index in [4.69, 9.17) is 30.8 Å². The minimum Gasteiger partial charge on any atom is -0.493 e. The Hall–Kier alpha value is -8.33. The number of esters is 1. The minimum atomic E-state index is -0.911. The quantitative estimate of drug-likeness (QED) is 0.0148. The van der Waals surface area contributed by atoms with E-state index >= 15 is 4.39 Å². The molecule has 0 unspecified atom stereocenters. The number of nitrogens with zero attached hydrogens (tertiary/aromatic N) is 6. The van der Waals surface area contributed by atoms with E-state index in [9.17, 15) is 28.8 Å². The van der Waals surface area contributed by atoms with Gasteiger partial charge in [0.1, 0.15) is 23.5 Å². The Morgan fingerprint density at radius 3 is 2.35 bits per heavy atom. The topological polar surface area (TPSA) is 242 Å². The summed E-state index contributed by atoms with van der Waals surface area (Å²) in [6, 6.07) is 17.4. The van der Waals surface area contributed by atoms with Gasteiger partial charge in [-0.2, -0.15) is 10.1 Å². The maximum Gasteiger partial charge on any atom is 0.329 e. The van der Waals surface area contributed by atoms with Gasteiger partial charge in [0.25, 0.3) is 5.91 Å². The number of H-pyrrole nitrogens is 1. The highest BCUT2D eigenvalue weighted by Gasteiger charge is 2.41. The highest BCUT2D eigenvalue weighted by molar-refractivity contribution is 6.38. The van der Waals surface area contributed by atoms with Crippen LogP contribution in [0.5, 0.6) is 11.5 Å². The second-order valence-electron chi connectivity index (χ2n) is 21.7. The summed E-state index contributed by atoms with van der Waals surface area (Å²) >= 11 is 6.93. The fourth-order valence-corrected chi connectivity index (χ4v) is 10.8. The van der Waals surface area contributed by atoms with Crippen LogP contribution < -0.4 is 35.6 Å². The molecular weight excluding hydrogens is 1100 g/mol. The van der Waals surface area contributed by atoms with E-state index in [2.05, 4.69) is 43.0 Å². The standard InChI is InChI=1S/C62H75ClFN11O9/c1-8-52(78)73-29-31-74(32-30-73)58-42-35-44(63)54(53-38(3)18-21-45-43(53)36-69-72-45)55(64)56(42)70-61(71-58)67-27-24-50(76)65-25-11-12-26-66-51(77)37-68-41-16-14-15-40(34-41)47(22-19-39-20-23-48(82-6)49(33-39)83-7)84-60(81)46-17-10-13-28-75(46)59(80)57(79)62(4,5)9-2/h8,14-16,18,20-21,23,33-36,46-47,68H,1,9-13,17,19,22,24-32,37H2,2-7H3,(H,65,76)(H,66,77)(H,69,72)(H,67,70,71)/t46-,47+/m0/s1. The highest BCUT2D eigenvalue weighted by atomic mass is 35.5. The van der Waals surface area contributed by atoms with Crippen molar-refractivity contribution in [1.29, 1.82) is 0 Å². The van der Waals surface area contributed by atoms with Crippen LogP contribution in [0, 0.1) is 18.2 Å². The average Bonchev–Trinajstić information content (AvgIpc) is 1.36. The van der Waals surface area contributed by atoms with Gasteiger partial charge in [0.2, 0.25) is 29.5 Å². The summed E-state index contributed by atoms with van der Waals surface area (Å²) in [5, 5.41) is 20.5. The number of piperidine rings is 1. The molecule has 0 spiro atoms. The Labute approximate surface area is 493 Å². The molecule has 4 aromatic carbocycles. The normalized spacial score (nSPS) is 14.9. The van der Waals surface area contributed by atoms with Crippen LogP contribution >= 0.6 is 11.6 Å². The van der Waals surface area contributed by atoms with Gasteiger partial charge in [0, 0.05) is 91.8 Å². The number of ether oxygens (including phenoxy) is 3. The number of carbonyl (C=O) groups is 6. The Balaban J connectivity index is 0.834. The molecule has 22 heteroatoms. The van der Waals surface area contributed by atoms with Crippen molar-refractivity contribution < 1.29 is 47.4 Å². The number of nitrogens with one attached hydrogen (secondary N) is 5. The van der Waals surface area contributed by atoms with Crippen molar-refractivity contribution in [1.82, 2.24) is 40.6 Å². The predicted molar refractivity (Wildman–Crippen MR) is 322 cm³/mol. The van der Waals surface area contributed by atoms with Crippen molar-refractivity contribution in [2.24, 2.45) is 5.41 Å². The predicted octanol–water partition coefficient (Wildman–Crippen LogP) is 8.66. The lowest BCUT2D eigenvalue weighted by Gasteiger charge is -2.36. The second-order valence-corrected chi connectivity index (χ2v) is 22.1. The molecule has 2 saturated heterocycles. The number of aromatic nitrogens is 4. The first-order valence-electron chi connectivity index (χ1n) is 28.6. The van der Waals surface area contributed by atoms with E-state index in [0.717, 1.165) is 16.6 Å². The van der Waals surface area contributed by atoms with Gasteiger partial charge in [-0.15, -0.1) is 0 Å². The molecule has 2 atom stereocenters. The number of halogens is 2. The number of piperazine rings is 1. The maximum atomic E-state index is 17.0. The largest absolute Gasteiger partial charge is 0.493 e. The van der Waals surface area contributed by atoms with Crippen molar-refractivity contribution in [2.45, 2.75) is 97.6 Å². The number of unbranched alkanes of at least 4 members (excludes halogenated alkanes) is 1. The SMILES string of the molecule is C=CC(=O)N1CCN(c2nc(NCCC(=O)NCCCCNC(=O)CNc3cccc([C@@H](CCc4ccc(OC)c(OC)c4)OC(=O)[C@@H]4CCCCN4C(=O)C(=O)C(C)(C)CC)c3)nc3c(F)c(-c4c(C)ccc5[nH]ncc45)c(Cl)cc23)CC1. The molecule has 6 aromatic rings. The van der Waals surface area contributed by atoms with Crippen molar-refractivity contribution in [3.8, 4) is 22.6 Å². The molecule has 0 saturated carbocycles. The summed E-state index contributed by atoms with van der Waals surface area (Å²) in [5.41, 5.74) is 3.68. The zero-order chi connectivity index (χ0) is 60.1. The number of rotatable bonds is 26. The van der Waals surface area contributed by atoms with Gasteiger partial charge in [0.15, 0.2) is 17.3 Å². The van der Waals surface area contributed by atoms with Crippen LogP contribution in [-0.2, 0) is 39.9 Å². The van der Waals surface area contributed by atoms with Crippen molar-refractivity contribution >= 4 is 86.2 Å². The fraction of sp³-hybridized carbons (Fsp3) is 0.435. The van der Waals surface area contributed by atoms with Gasteiger partial charge in [-0.3, -0.25) is 29.1 Å². The van der Waals surface area contributed by atoms with E-state index in [1.165, 1.54) is 11.0 Å². The Bertz CT molecular complexity index is 3400. The Morgan fingerprint density at radius 1 is 0.869 bits per heavy atom. The molecule has 0 aliphatic carbocycles. The summed E-state index contributed by atoms with van der Waals surface area (Å²) in [7, 11) is 3.12. The molecule has 0 radical (unpaired) electrons. The van der Waals surface area contributed by atoms with Gasteiger partial charge in [-0.25, -0.2) is 14.2 Å². The van der Waals surface area contributed by atoms with Crippen LogP contribution in [0.15, 0.2) is 79.5 Å². The smallest absolute Gasteiger partial charge is 0.329 e. The fourth-order valence-electron chi connectivity index (χ4n) is 10.5. The van der Waals surface area contributed by atoms with Crippen molar-refractivity contribution in [2.75, 3.05) is 88.7 Å². The zero-order valence-electron chi connectivity index (χ0n) is 48.6. The van der Waals surface area contributed by atoms with Crippen LogP contribution in [0.3, 0.4) is 0 Å². The number of anilines is 3. The monoisotopic (exact) mass is 1170 g/mol. The molecule has 84 heavy (non-hydrogen) atoms. The molecule has 4 amide bonds. The highest BCUT2D eigenvalue weighted by Crippen LogP contribution is 2.42. The molecule has 20 nitrogen and oxygen atoms in total. The first-order chi connectivity index (χ1) is 40.4. The van der Waals surface area contributed by atoms with Gasteiger partial charge in [0.05, 0.1) is 37.5 Å². The lowest BCUT2D eigenvalue weighted by Crippen LogP contribution is -2.53. The van der Waals surface area contributed by atoms with Crippen molar-refractivity contribution in [3.63, 3.8) is 0 Å². The van der Waals surface area contributed by atoms with Crippen LogP contribution in [-0.4, -0.2) is 145 Å². The molecule has 2 aliphatic heterocycles. The summed E-state index contributed by atoms with van der Waals surface area (Å²) in [6.45, 7) is 13.6. The molecule has 8 rings (SSSR count). The molecule has 4 heterocycles. The van der Waals surface area contributed by atoms with Gasteiger partial charge in [-0.1, -0.05) is 63.2 Å². The third kappa shape index (κ3) is 14.7. The van der Waals surface area contributed by atoms with Gasteiger partial charge < -0.3 is 50.2 Å². The number of likely N-dealkylation sites (tertiary alicyclic amines) is 1. The number of carbonyl (C=O) groups excluding carboxylic acids is 6. The van der Waals surface area contributed by atoms with E-state index in [1.807, 2.05) is 73.3 Å². The van der Waals surface area contributed by atoms with E-state index in [0.29, 0.717) is 136 Å². The first-order valence-corrected chi connectivity index (χ1v) is 29.0. The first kappa shape index (κ1) is 61.7. The number of Topliss-reactive ketones (excluding diaryl/α,β-unsaturated/α-hetero) is 1. The number of fused-ring (bicyclic) bond motifs is 2. The number of hydrogen-bond acceptors (Lipinski definition) is 15. The number of benzene rings is 4. The Morgan fingerprint density at radius 2 is 1.62 bits per heavy atom. The number of aryl methyl sites for hydroxylation is 2. The van der Waals surface area contributed by atoms with Crippen molar-refractivity contribution in [3.05, 3.63) is 107 Å². The van der Waals surface area contributed by atoms with E-state index in [-0.39, 0.29) is 65.8 Å². The molecule has 2 fully saturated rings. The summed E-state index contributed by atoms with van der Waals surface area (Å²) in [6.07, 6.45) is 6.52. The van der Waals surface area contributed by atoms with E-state index in [1.54, 1.807) is 45.2 Å². The summed E-state index contributed by atoms with van der Waals surface area (Å²) in [4.78, 5) is 94.0. The number of aromatic amines is 1. The third-order valence-corrected chi connectivity index (χ3v) is 16.0. The second kappa shape index (κ2) is 28.3. The van der Waals surface area contributed by atoms with Crippen LogP contribution in [0.2, 0.25) is 5.02 Å². The third-order valence-electron chi connectivity index (χ3n) is 15.7. The minimum absolute atomic E-state index is 0.0383. The number of ketones is 1. The molecule has 0 bridgehead atoms. The molecule has 446 valence electrons. The van der Waals surface area contributed by atoms with Gasteiger partial charge >= 0.3 is 5.97 Å².